The molecule has 0 saturated heterocycles. The Morgan fingerprint density at radius 1 is 1.55 bits per heavy atom. The van der Waals surface area contributed by atoms with E-state index in [1.54, 1.807) is 6.92 Å². The van der Waals surface area contributed by atoms with Gasteiger partial charge in [0.25, 0.3) is 15.0 Å². The van der Waals surface area contributed by atoms with Gasteiger partial charge in [0.1, 0.15) is 16.5 Å². The fourth-order valence-electron chi connectivity index (χ4n) is 1.35. The first-order valence-electron chi connectivity index (χ1n) is 5.55. The Morgan fingerprint density at radius 3 is 2.65 bits per heavy atom. The summed E-state index contributed by atoms with van der Waals surface area (Å²) < 4.78 is 41.4. The largest absolute Gasteiger partial charge is 0.480 e. The molecule has 0 fully saturated rings. The van der Waals surface area contributed by atoms with Gasteiger partial charge in [0, 0.05) is 23.3 Å². The maximum absolute atomic E-state index is 13.7. The van der Waals surface area contributed by atoms with Gasteiger partial charge in [-0.15, -0.1) is 0 Å². The van der Waals surface area contributed by atoms with Gasteiger partial charge in [-0.1, -0.05) is 0 Å². The molecule has 0 saturated carbocycles. The van der Waals surface area contributed by atoms with E-state index in [1.807, 2.05) is 0 Å². The average Bonchev–Trinajstić information content (AvgIpc) is 2.32. The predicted octanol–water partition coefficient (Wildman–Crippen LogP) is 2.42. The quantitative estimate of drug-likeness (QED) is 0.786. The number of likely N-dealkylation sites (N-methyl/N-ethyl adjacent to an activating group) is 1. The van der Waals surface area contributed by atoms with Gasteiger partial charge in [-0.05, 0) is 35.8 Å². The van der Waals surface area contributed by atoms with Crippen LogP contribution in [0.4, 0.5) is 4.39 Å². The van der Waals surface area contributed by atoms with Crippen LogP contribution >= 0.6 is 26.6 Å². The molecule has 0 aliphatic heterocycles. The van der Waals surface area contributed by atoms with E-state index in [2.05, 4.69) is 21.2 Å². The van der Waals surface area contributed by atoms with Crippen molar-refractivity contribution in [3.8, 4) is 5.75 Å². The Bertz CT molecular complexity index is 623. The number of benzene rings is 1. The first kappa shape index (κ1) is 17.2. The van der Waals surface area contributed by atoms with Gasteiger partial charge in [-0.25, -0.2) is 12.8 Å². The van der Waals surface area contributed by atoms with E-state index < -0.39 is 25.9 Å². The summed E-state index contributed by atoms with van der Waals surface area (Å²) in [6.07, 6.45) is -0.857. The molecule has 112 valence electrons. The fourth-order valence-corrected chi connectivity index (χ4v) is 2.84. The van der Waals surface area contributed by atoms with Gasteiger partial charge >= 0.3 is 0 Å². The molecule has 0 spiro atoms. The van der Waals surface area contributed by atoms with Gasteiger partial charge in [-0.2, -0.15) is 0 Å². The fraction of sp³-hybridized carbons (Fsp3) is 0.364. The molecule has 1 aromatic carbocycles. The van der Waals surface area contributed by atoms with Crippen molar-refractivity contribution < 1.29 is 22.3 Å². The smallest absolute Gasteiger partial charge is 0.264 e. The molecule has 1 amide bonds. The third-order valence-electron chi connectivity index (χ3n) is 2.27. The second-order valence-electron chi connectivity index (χ2n) is 3.81. The molecular weight excluding hydrogens is 377 g/mol. The number of ether oxygens (including phenoxy) is 1. The van der Waals surface area contributed by atoms with Crippen molar-refractivity contribution in [1.82, 2.24) is 5.32 Å². The first-order chi connectivity index (χ1) is 9.16. The Kier molecular flexibility index (Phi) is 5.79. The maximum Gasteiger partial charge on any atom is 0.264 e. The molecule has 0 bridgehead atoms. The second-order valence-corrected chi connectivity index (χ2v) is 7.19. The van der Waals surface area contributed by atoms with Crippen LogP contribution in [-0.2, 0) is 13.8 Å². The monoisotopic (exact) mass is 387 g/mol. The number of amides is 1. The van der Waals surface area contributed by atoms with Crippen LogP contribution in [0.2, 0.25) is 0 Å². The topological polar surface area (TPSA) is 72.5 Å². The number of rotatable bonds is 5. The first-order valence-corrected chi connectivity index (χ1v) is 8.65. The lowest BCUT2D eigenvalue weighted by molar-refractivity contribution is -0.127. The minimum absolute atomic E-state index is 0.00493. The van der Waals surface area contributed by atoms with Gasteiger partial charge < -0.3 is 10.1 Å². The Morgan fingerprint density at radius 2 is 2.15 bits per heavy atom. The lowest BCUT2D eigenvalue weighted by Crippen LogP contribution is -2.36. The van der Waals surface area contributed by atoms with Crippen LogP contribution in [0.15, 0.2) is 21.5 Å². The number of carbonyl (C=O) groups excluding carboxylic acids is 1. The average molecular weight is 389 g/mol. The van der Waals surface area contributed by atoms with Gasteiger partial charge in [0.15, 0.2) is 6.10 Å². The van der Waals surface area contributed by atoms with E-state index in [0.29, 0.717) is 6.54 Å². The van der Waals surface area contributed by atoms with E-state index in [-0.39, 0.29) is 16.1 Å². The zero-order chi connectivity index (χ0) is 15.5. The van der Waals surface area contributed by atoms with Crippen molar-refractivity contribution >= 4 is 41.6 Å². The normalized spacial score (nSPS) is 12.8. The van der Waals surface area contributed by atoms with Gasteiger partial charge in [-0.3, -0.25) is 4.79 Å². The summed E-state index contributed by atoms with van der Waals surface area (Å²) in [4.78, 5) is 10.8. The van der Waals surface area contributed by atoms with Crippen LogP contribution in [0.1, 0.15) is 13.8 Å². The number of halogens is 3. The SMILES string of the molecule is CCNC(=O)C(C)Oc1cc(F)c(S(=O)(=O)Cl)cc1Br. The standard InChI is InChI=1S/C11H12BrClFNO4S/c1-3-15-11(16)6(2)19-9-5-8(14)10(4-7(9)12)20(13,17)18/h4-6H,3H2,1-2H3,(H,15,16). The molecular formula is C11H12BrClFNO4S. The molecule has 0 heterocycles. The Hall–Kier alpha value is -0.860. The summed E-state index contributed by atoms with van der Waals surface area (Å²) in [6, 6.07) is 1.84. The molecule has 9 heteroatoms. The molecule has 20 heavy (non-hydrogen) atoms. The third-order valence-corrected chi connectivity index (χ3v) is 4.23. The lowest BCUT2D eigenvalue weighted by atomic mass is 10.3. The van der Waals surface area contributed by atoms with Gasteiger partial charge in [0.05, 0.1) is 4.47 Å². The summed E-state index contributed by atoms with van der Waals surface area (Å²) in [5.74, 6) is -1.42. The zero-order valence-electron chi connectivity index (χ0n) is 10.6. The third kappa shape index (κ3) is 4.32. The van der Waals surface area contributed by atoms with Crippen molar-refractivity contribution in [2.45, 2.75) is 24.8 Å². The highest BCUT2D eigenvalue weighted by molar-refractivity contribution is 9.10. The summed E-state index contributed by atoms with van der Waals surface area (Å²) in [5, 5.41) is 2.55. The molecule has 1 N–H and O–H groups in total. The van der Waals surface area contributed by atoms with Crippen LogP contribution in [0.25, 0.3) is 0 Å². The van der Waals surface area contributed by atoms with Gasteiger partial charge in [0.2, 0.25) is 0 Å². The summed E-state index contributed by atoms with van der Waals surface area (Å²) in [5.41, 5.74) is 0. The number of hydrogen-bond acceptors (Lipinski definition) is 4. The minimum Gasteiger partial charge on any atom is -0.480 e. The summed E-state index contributed by atoms with van der Waals surface area (Å²) in [6.45, 7) is 3.67. The van der Waals surface area contributed by atoms with E-state index in [0.717, 1.165) is 12.1 Å². The molecule has 1 aromatic rings. The molecule has 1 atom stereocenters. The van der Waals surface area contributed by atoms with Crippen LogP contribution in [0, 0.1) is 5.82 Å². The van der Waals surface area contributed by atoms with Crippen LogP contribution < -0.4 is 10.1 Å². The highest BCUT2D eigenvalue weighted by Gasteiger charge is 2.21. The zero-order valence-corrected chi connectivity index (χ0v) is 13.8. The highest BCUT2D eigenvalue weighted by Crippen LogP contribution is 2.32. The van der Waals surface area contributed by atoms with Crippen molar-refractivity contribution in [3.05, 3.63) is 22.4 Å². The summed E-state index contributed by atoms with van der Waals surface area (Å²) >= 11 is 3.04. The van der Waals surface area contributed by atoms with Crippen molar-refractivity contribution in [2.24, 2.45) is 0 Å². The number of nitrogens with one attached hydrogen (secondary N) is 1. The number of carbonyl (C=O) groups is 1. The molecule has 0 radical (unpaired) electrons. The molecule has 1 unspecified atom stereocenters. The van der Waals surface area contributed by atoms with E-state index in [4.69, 9.17) is 15.4 Å². The van der Waals surface area contributed by atoms with E-state index >= 15 is 0 Å². The second kappa shape index (κ2) is 6.73. The molecule has 5 nitrogen and oxygen atoms in total. The van der Waals surface area contributed by atoms with Crippen molar-refractivity contribution in [2.75, 3.05) is 6.54 Å². The molecule has 0 aliphatic rings. The van der Waals surface area contributed by atoms with E-state index in [9.17, 15) is 17.6 Å². The summed E-state index contributed by atoms with van der Waals surface area (Å²) in [7, 11) is 0.898. The molecule has 1 rings (SSSR count). The Labute approximate surface area is 129 Å². The predicted molar refractivity (Wildman–Crippen MR) is 75.9 cm³/mol. The Balaban J connectivity index is 3.05. The van der Waals surface area contributed by atoms with Crippen LogP contribution in [-0.4, -0.2) is 27.0 Å². The minimum atomic E-state index is -4.19. The molecule has 0 aliphatic carbocycles. The van der Waals surface area contributed by atoms with Crippen LogP contribution in [0.5, 0.6) is 5.75 Å². The van der Waals surface area contributed by atoms with Crippen molar-refractivity contribution in [1.29, 1.82) is 0 Å². The molecule has 0 aromatic heterocycles. The van der Waals surface area contributed by atoms with Crippen molar-refractivity contribution in [3.63, 3.8) is 0 Å². The van der Waals surface area contributed by atoms with E-state index in [1.165, 1.54) is 6.92 Å². The lowest BCUT2D eigenvalue weighted by Gasteiger charge is -2.15. The number of hydrogen-bond donors (Lipinski definition) is 1. The maximum atomic E-state index is 13.7. The van der Waals surface area contributed by atoms with Crippen LogP contribution in [0.3, 0.4) is 0 Å². The highest BCUT2D eigenvalue weighted by atomic mass is 79.9.